The van der Waals surface area contributed by atoms with Crippen molar-refractivity contribution < 1.29 is 0 Å². The van der Waals surface area contributed by atoms with Gasteiger partial charge in [-0.05, 0) is 51.7 Å². The van der Waals surface area contributed by atoms with E-state index in [0.29, 0.717) is 6.04 Å². The highest BCUT2D eigenvalue weighted by Gasteiger charge is 2.21. The SMILES string of the molecule is CCc1nc2n(n1)CC(NC(=NC)NCCCCCN1CCCCC1)CC2. The van der Waals surface area contributed by atoms with Gasteiger partial charge in [-0.15, -0.1) is 0 Å². The third-order valence-corrected chi connectivity index (χ3v) is 5.67. The Labute approximate surface area is 164 Å². The van der Waals surface area contributed by atoms with Crippen molar-refractivity contribution in [3.63, 3.8) is 0 Å². The molecule has 1 fully saturated rings. The van der Waals surface area contributed by atoms with E-state index < -0.39 is 0 Å². The first kappa shape index (κ1) is 20.1. The summed E-state index contributed by atoms with van der Waals surface area (Å²) in [6.45, 7) is 7.86. The molecule has 1 atom stereocenters. The molecule has 1 saturated heterocycles. The molecule has 2 aliphatic rings. The molecule has 1 aromatic heterocycles. The van der Waals surface area contributed by atoms with Gasteiger partial charge < -0.3 is 15.5 Å². The van der Waals surface area contributed by atoms with Crippen molar-refractivity contribution in [1.82, 2.24) is 30.3 Å². The summed E-state index contributed by atoms with van der Waals surface area (Å²) in [5, 5.41) is 11.6. The van der Waals surface area contributed by atoms with Crippen LogP contribution in [-0.4, -0.2) is 64.9 Å². The van der Waals surface area contributed by atoms with Crippen LogP contribution < -0.4 is 10.6 Å². The van der Waals surface area contributed by atoms with Crippen LogP contribution in [-0.2, 0) is 19.4 Å². The van der Waals surface area contributed by atoms with Crippen LogP contribution in [0.3, 0.4) is 0 Å². The number of unbranched alkanes of at least 4 members (excludes halogenated alkanes) is 2. The molecule has 0 aliphatic carbocycles. The van der Waals surface area contributed by atoms with Gasteiger partial charge in [0.1, 0.15) is 5.82 Å². The second-order valence-electron chi connectivity index (χ2n) is 7.82. The molecule has 0 spiro atoms. The number of likely N-dealkylation sites (tertiary alicyclic amines) is 1. The predicted octanol–water partition coefficient (Wildman–Crippen LogP) is 1.98. The molecule has 1 aromatic rings. The average Bonchev–Trinajstić information content (AvgIpc) is 3.13. The van der Waals surface area contributed by atoms with Crippen LogP contribution in [0.15, 0.2) is 4.99 Å². The Morgan fingerprint density at radius 3 is 2.81 bits per heavy atom. The van der Waals surface area contributed by atoms with Crippen molar-refractivity contribution in [3.05, 3.63) is 11.6 Å². The minimum absolute atomic E-state index is 0.370. The molecular weight excluding hydrogens is 338 g/mol. The fourth-order valence-electron chi connectivity index (χ4n) is 4.04. The van der Waals surface area contributed by atoms with Gasteiger partial charge in [-0.1, -0.05) is 19.8 Å². The number of guanidine groups is 1. The van der Waals surface area contributed by atoms with Gasteiger partial charge in [0.25, 0.3) is 0 Å². The van der Waals surface area contributed by atoms with E-state index in [1.54, 1.807) is 0 Å². The van der Waals surface area contributed by atoms with Crippen LogP contribution in [0, 0.1) is 0 Å². The van der Waals surface area contributed by atoms with E-state index in [0.717, 1.165) is 50.0 Å². The van der Waals surface area contributed by atoms with E-state index in [2.05, 4.69) is 42.2 Å². The minimum atomic E-state index is 0.370. The maximum Gasteiger partial charge on any atom is 0.191 e. The monoisotopic (exact) mass is 375 g/mol. The molecule has 152 valence electrons. The number of aliphatic imine (C=N–C) groups is 1. The third kappa shape index (κ3) is 6.19. The van der Waals surface area contributed by atoms with Crippen LogP contribution >= 0.6 is 0 Å². The lowest BCUT2D eigenvalue weighted by molar-refractivity contribution is 0.224. The maximum absolute atomic E-state index is 4.59. The Hall–Kier alpha value is -1.63. The van der Waals surface area contributed by atoms with Gasteiger partial charge in [0.2, 0.25) is 0 Å². The molecule has 27 heavy (non-hydrogen) atoms. The van der Waals surface area contributed by atoms with Crippen LogP contribution in [0.1, 0.15) is 63.5 Å². The van der Waals surface area contributed by atoms with E-state index in [-0.39, 0.29) is 0 Å². The fourth-order valence-corrected chi connectivity index (χ4v) is 4.04. The zero-order chi connectivity index (χ0) is 18.9. The highest BCUT2D eigenvalue weighted by Crippen LogP contribution is 2.13. The summed E-state index contributed by atoms with van der Waals surface area (Å²) in [7, 11) is 1.85. The summed E-state index contributed by atoms with van der Waals surface area (Å²) in [6.07, 6.45) is 11.0. The highest BCUT2D eigenvalue weighted by molar-refractivity contribution is 5.79. The summed E-state index contributed by atoms with van der Waals surface area (Å²) in [5.41, 5.74) is 0. The number of aryl methyl sites for hydroxylation is 2. The first-order valence-electron chi connectivity index (χ1n) is 10.9. The minimum Gasteiger partial charge on any atom is -0.356 e. The van der Waals surface area contributed by atoms with Gasteiger partial charge in [0.15, 0.2) is 11.8 Å². The topological polar surface area (TPSA) is 70.4 Å². The molecule has 0 amide bonds. The van der Waals surface area contributed by atoms with E-state index in [1.165, 1.54) is 58.2 Å². The van der Waals surface area contributed by atoms with Gasteiger partial charge >= 0.3 is 0 Å². The Bertz CT molecular complexity index is 589. The molecule has 2 aliphatic heterocycles. The van der Waals surface area contributed by atoms with Crippen molar-refractivity contribution in [2.45, 2.75) is 77.3 Å². The maximum atomic E-state index is 4.59. The average molecular weight is 376 g/mol. The number of piperidine rings is 1. The zero-order valence-corrected chi connectivity index (χ0v) is 17.2. The standard InChI is InChI=1S/C20H37N7/c1-3-18-24-19-11-10-17(16-27(19)25-18)23-20(21-2)22-12-6-4-7-13-26-14-8-5-9-15-26/h17H,3-16H2,1-2H3,(H2,21,22,23). The molecule has 3 heterocycles. The summed E-state index contributed by atoms with van der Waals surface area (Å²) < 4.78 is 2.06. The summed E-state index contributed by atoms with van der Waals surface area (Å²) in [6, 6.07) is 0.370. The number of fused-ring (bicyclic) bond motifs is 1. The van der Waals surface area contributed by atoms with E-state index in [4.69, 9.17) is 0 Å². The van der Waals surface area contributed by atoms with E-state index >= 15 is 0 Å². The lowest BCUT2D eigenvalue weighted by Crippen LogP contribution is -2.47. The molecular formula is C20H37N7. The Morgan fingerprint density at radius 2 is 2.04 bits per heavy atom. The number of rotatable bonds is 8. The predicted molar refractivity (Wildman–Crippen MR) is 110 cm³/mol. The first-order valence-corrected chi connectivity index (χ1v) is 10.9. The van der Waals surface area contributed by atoms with Crippen LogP contribution in [0.2, 0.25) is 0 Å². The number of nitrogens with zero attached hydrogens (tertiary/aromatic N) is 5. The molecule has 0 saturated carbocycles. The van der Waals surface area contributed by atoms with Crippen LogP contribution in [0.25, 0.3) is 0 Å². The Kier molecular flexibility index (Phi) is 7.93. The molecule has 2 N–H and O–H groups in total. The van der Waals surface area contributed by atoms with E-state index in [1.807, 2.05) is 7.05 Å². The Balaban J connectivity index is 1.30. The molecule has 1 unspecified atom stereocenters. The number of aromatic nitrogens is 3. The fraction of sp³-hybridized carbons (Fsp3) is 0.850. The number of nitrogens with one attached hydrogen (secondary N) is 2. The normalized spacial score (nSPS) is 21.1. The van der Waals surface area contributed by atoms with Gasteiger partial charge in [-0.2, -0.15) is 5.10 Å². The molecule has 7 nitrogen and oxygen atoms in total. The number of hydrogen-bond donors (Lipinski definition) is 2. The molecule has 7 heteroatoms. The van der Waals surface area contributed by atoms with Gasteiger partial charge in [-0.3, -0.25) is 4.99 Å². The zero-order valence-electron chi connectivity index (χ0n) is 17.2. The van der Waals surface area contributed by atoms with Crippen molar-refractivity contribution in [1.29, 1.82) is 0 Å². The highest BCUT2D eigenvalue weighted by atomic mass is 15.4. The van der Waals surface area contributed by atoms with Gasteiger partial charge in [0.05, 0.1) is 6.54 Å². The van der Waals surface area contributed by atoms with E-state index in [9.17, 15) is 0 Å². The summed E-state index contributed by atoms with van der Waals surface area (Å²) in [5.74, 6) is 2.99. The van der Waals surface area contributed by atoms with Gasteiger partial charge in [-0.25, -0.2) is 9.67 Å². The largest absolute Gasteiger partial charge is 0.356 e. The lowest BCUT2D eigenvalue weighted by Gasteiger charge is -2.26. The smallest absolute Gasteiger partial charge is 0.191 e. The van der Waals surface area contributed by atoms with Crippen LogP contribution in [0.5, 0.6) is 0 Å². The first-order chi connectivity index (χ1) is 13.3. The molecule has 0 radical (unpaired) electrons. The third-order valence-electron chi connectivity index (χ3n) is 5.67. The molecule has 0 aromatic carbocycles. The van der Waals surface area contributed by atoms with Crippen molar-refractivity contribution in [2.75, 3.05) is 33.2 Å². The second-order valence-corrected chi connectivity index (χ2v) is 7.82. The second kappa shape index (κ2) is 10.6. The summed E-state index contributed by atoms with van der Waals surface area (Å²) >= 11 is 0. The molecule has 3 rings (SSSR count). The van der Waals surface area contributed by atoms with Crippen molar-refractivity contribution in [2.24, 2.45) is 4.99 Å². The number of hydrogen-bond acceptors (Lipinski definition) is 4. The van der Waals surface area contributed by atoms with Crippen molar-refractivity contribution >= 4 is 5.96 Å². The quantitative estimate of drug-likeness (QED) is 0.413. The Morgan fingerprint density at radius 1 is 1.19 bits per heavy atom. The summed E-state index contributed by atoms with van der Waals surface area (Å²) in [4.78, 5) is 11.6. The van der Waals surface area contributed by atoms with Crippen LogP contribution in [0.4, 0.5) is 0 Å². The lowest BCUT2D eigenvalue weighted by atomic mass is 10.1. The van der Waals surface area contributed by atoms with Gasteiger partial charge in [0, 0.05) is 32.5 Å². The molecule has 0 bridgehead atoms. The van der Waals surface area contributed by atoms with Crippen molar-refractivity contribution in [3.8, 4) is 0 Å².